The third-order valence-corrected chi connectivity index (χ3v) is 6.97. The van der Waals surface area contributed by atoms with Gasteiger partial charge in [-0.25, -0.2) is 0 Å². The molecular formula is C32H61BrN2O7. The van der Waals surface area contributed by atoms with Crippen LogP contribution in [0.1, 0.15) is 124 Å². The molecule has 0 atom stereocenters. The van der Waals surface area contributed by atoms with E-state index in [0.29, 0.717) is 70.9 Å². The minimum atomic E-state index is -0.376. The summed E-state index contributed by atoms with van der Waals surface area (Å²) in [6, 6.07) is 0. The summed E-state index contributed by atoms with van der Waals surface area (Å²) in [5, 5.41) is 5.91. The first-order valence-corrected chi connectivity index (χ1v) is 17.4. The summed E-state index contributed by atoms with van der Waals surface area (Å²) >= 11 is 3.08. The molecule has 0 unspecified atom stereocenters. The summed E-state index contributed by atoms with van der Waals surface area (Å²) in [7, 11) is 0. The maximum absolute atomic E-state index is 11.9. The van der Waals surface area contributed by atoms with Gasteiger partial charge in [0.1, 0.15) is 5.60 Å². The summed E-state index contributed by atoms with van der Waals surface area (Å²) in [5.74, 6) is -0.0289. The second-order valence-electron chi connectivity index (χ2n) is 11.7. The summed E-state index contributed by atoms with van der Waals surface area (Å²) in [4.78, 5) is 34.6. The van der Waals surface area contributed by atoms with Crippen molar-refractivity contribution in [3.05, 3.63) is 0 Å². The third-order valence-electron chi connectivity index (χ3n) is 6.46. The van der Waals surface area contributed by atoms with Gasteiger partial charge in [-0.2, -0.15) is 0 Å². The van der Waals surface area contributed by atoms with E-state index in [-0.39, 0.29) is 23.4 Å². The highest BCUT2D eigenvalue weighted by atomic mass is 79.9. The number of esters is 1. The fraction of sp³-hybridized carbons (Fsp3) is 0.906. The van der Waals surface area contributed by atoms with Gasteiger partial charge < -0.3 is 29.6 Å². The molecule has 248 valence electrons. The smallest absolute Gasteiger partial charge is 0.306 e. The van der Waals surface area contributed by atoms with Crippen LogP contribution in [0.25, 0.3) is 0 Å². The Bertz CT molecular complexity index is 659. The predicted molar refractivity (Wildman–Crippen MR) is 172 cm³/mol. The van der Waals surface area contributed by atoms with E-state index >= 15 is 0 Å². The van der Waals surface area contributed by atoms with Crippen molar-refractivity contribution in [2.24, 2.45) is 0 Å². The lowest BCUT2D eigenvalue weighted by molar-refractivity contribution is -0.155. The van der Waals surface area contributed by atoms with Crippen LogP contribution in [-0.2, 0) is 33.3 Å². The SMILES string of the molecule is CC(C)(C)OC(=O)CCCCCCCCCCCCCCCCC(=O)NCCOCCOCCOCCNC(=O)CBr. The Morgan fingerprint density at radius 1 is 0.524 bits per heavy atom. The van der Waals surface area contributed by atoms with Gasteiger partial charge >= 0.3 is 5.97 Å². The first-order valence-electron chi connectivity index (χ1n) is 16.3. The number of rotatable bonds is 30. The van der Waals surface area contributed by atoms with E-state index in [2.05, 4.69) is 26.6 Å². The summed E-state index contributed by atoms with van der Waals surface area (Å²) < 4.78 is 21.6. The van der Waals surface area contributed by atoms with Crippen LogP contribution in [0.15, 0.2) is 0 Å². The first-order chi connectivity index (χ1) is 20.2. The highest BCUT2D eigenvalue weighted by Gasteiger charge is 2.15. The molecule has 0 saturated carbocycles. The number of carbonyl (C=O) groups excluding carboxylic acids is 3. The van der Waals surface area contributed by atoms with Crippen LogP contribution in [0.4, 0.5) is 0 Å². The molecule has 0 fully saturated rings. The average molecular weight is 666 g/mol. The van der Waals surface area contributed by atoms with Gasteiger partial charge in [0.2, 0.25) is 11.8 Å². The summed E-state index contributed by atoms with van der Waals surface area (Å²) in [6.45, 7) is 9.62. The first kappa shape index (κ1) is 40.8. The van der Waals surface area contributed by atoms with E-state index in [1.165, 1.54) is 64.2 Å². The normalized spacial score (nSPS) is 11.4. The molecule has 0 aliphatic rings. The van der Waals surface area contributed by atoms with Gasteiger partial charge in [-0.05, 0) is 33.6 Å². The van der Waals surface area contributed by atoms with Crippen LogP contribution in [0.5, 0.6) is 0 Å². The zero-order valence-corrected chi connectivity index (χ0v) is 28.5. The van der Waals surface area contributed by atoms with Crippen molar-refractivity contribution in [1.29, 1.82) is 0 Å². The zero-order valence-electron chi connectivity index (χ0n) is 26.9. The van der Waals surface area contributed by atoms with Crippen molar-refractivity contribution >= 4 is 33.7 Å². The second kappa shape index (κ2) is 29.8. The predicted octanol–water partition coefficient (Wildman–Crippen LogP) is 6.25. The van der Waals surface area contributed by atoms with Gasteiger partial charge in [-0.3, -0.25) is 14.4 Å². The average Bonchev–Trinajstić information content (AvgIpc) is 2.94. The van der Waals surface area contributed by atoms with Gasteiger partial charge in [0.05, 0.1) is 45.0 Å². The van der Waals surface area contributed by atoms with Gasteiger partial charge in [0.15, 0.2) is 0 Å². The highest BCUT2D eigenvalue weighted by molar-refractivity contribution is 9.09. The summed E-state index contributed by atoms with van der Waals surface area (Å²) in [6.07, 6.45) is 18.1. The van der Waals surface area contributed by atoms with Crippen LogP contribution in [-0.4, -0.2) is 81.4 Å². The van der Waals surface area contributed by atoms with Gasteiger partial charge in [0.25, 0.3) is 0 Å². The standard InChI is InChI=1S/C32H61BrN2O7/c1-32(2,3)42-31(38)19-17-15-13-11-9-7-5-4-6-8-10-12-14-16-18-29(36)34-20-22-39-24-26-41-27-25-40-23-21-35-30(37)28-33/h4-28H2,1-3H3,(H,34,36)(H,35,37). The number of hydrogen-bond acceptors (Lipinski definition) is 7. The van der Waals surface area contributed by atoms with E-state index in [0.717, 1.165) is 25.7 Å². The quantitative estimate of drug-likeness (QED) is 0.0530. The van der Waals surface area contributed by atoms with E-state index in [1.54, 1.807) is 0 Å². The number of ether oxygens (including phenoxy) is 4. The number of nitrogens with one attached hydrogen (secondary N) is 2. The van der Waals surface area contributed by atoms with Crippen LogP contribution in [0.3, 0.4) is 0 Å². The van der Waals surface area contributed by atoms with Crippen molar-refractivity contribution < 1.29 is 33.3 Å². The molecule has 0 aromatic rings. The van der Waals surface area contributed by atoms with Crippen molar-refractivity contribution in [3.63, 3.8) is 0 Å². The van der Waals surface area contributed by atoms with E-state index in [9.17, 15) is 14.4 Å². The van der Waals surface area contributed by atoms with Crippen molar-refractivity contribution in [2.75, 3.05) is 58.1 Å². The lowest BCUT2D eigenvalue weighted by Crippen LogP contribution is -2.28. The molecule has 42 heavy (non-hydrogen) atoms. The second-order valence-corrected chi connectivity index (χ2v) is 12.3. The van der Waals surface area contributed by atoms with Crippen LogP contribution < -0.4 is 10.6 Å². The Hall–Kier alpha value is -1.23. The Morgan fingerprint density at radius 3 is 1.29 bits per heavy atom. The molecule has 0 heterocycles. The van der Waals surface area contributed by atoms with Crippen LogP contribution in [0, 0.1) is 0 Å². The molecular weight excluding hydrogens is 604 g/mol. The number of carbonyl (C=O) groups is 3. The molecule has 0 aliphatic carbocycles. The Morgan fingerprint density at radius 2 is 0.881 bits per heavy atom. The van der Waals surface area contributed by atoms with Gasteiger partial charge in [-0.15, -0.1) is 0 Å². The number of amides is 2. The van der Waals surface area contributed by atoms with Gasteiger partial charge in [0, 0.05) is 25.9 Å². The molecule has 0 spiro atoms. The minimum Gasteiger partial charge on any atom is -0.460 e. The largest absolute Gasteiger partial charge is 0.460 e. The number of unbranched alkanes of at least 4 members (excludes halogenated alkanes) is 13. The molecule has 0 bridgehead atoms. The van der Waals surface area contributed by atoms with Crippen molar-refractivity contribution in [2.45, 2.75) is 129 Å². The maximum atomic E-state index is 11.9. The lowest BCUT2D eigenvalue weighted by atomic mass is 10.0. The molecule has 0 saturated heterocycles. The molecule has 2 N–H and O–H groups in total. The third kappa shape index (κ3) is 33.3. The van der Waals surface area contributed by atoms with Gasteiger partial charge in [-0.1, -0.05) is 93.0 Å². The summed E-state index contributed by atoms with van der Waals surface area (Å²) in [5.41, 5.74) is -0.376. The van der Waals surface area contributed by atoms with E-state index < -0.39 is 0 Å². The molecule has 0 radical (unpaired) electrons. The topological polar surface area (TPSA) is 112 Å². The van der Waals surface area contributed by atoms with Crippen LogP contribution >= 0.6 is 15.9 Å². The minimum absolute atomic E-state index is 0.0547. The molecule has 10 heteroatoms. The number of halogens is 1. The number of alkyl halides is 1. The fourth-order valence-corrected chi connectivity index (χ4v) is 4.47. The van der Waals surface area contributed by atoms with E-state index in [1.807, 2.05) is 20.8 Å². The molecule has 0 aromatic heterocycles. The molecule has 0 rings (SSSR count). The Labute approximate surface area is 264 Å². The maximum Gasteiger partial charge on any atom is 0.306 e. The lowest BCUT2D eigenvalue weighted by Gasteiger charge is -2.19. The Balaban J connectivity index is 3.23. The van der Waals surface area contributed by atoms with Crippen LogP contribution in [0.2, 0.25) is 0 Å². The number of hydrogen-bond donors (Lipinski definition) is 2. The fourth-order valence-electron chi connectivity index (χ4n) is 4.27. The Kier molecular flexibility index (Phi) is 29.0. The highest BCUT2D eigenvalue weighted by Crippen LogP contribution is 2.15. The molecule has 0 aromatic carbocycles. The zero-order chi connectivity index (χ0) is 31.2. The molecule has 2 amide bonds. The van der Waals surface area contributed by atoms with E-state index in [4.69, 9.17) is 18.9 Å². The monoisotopic (exact) mass is 664 g/mol. The van der Waals surface area contributed by atoms with Crippen molar-refractivity contribution in [3.8, 4) is 0 Å². The molecule has 0 aliphatic heterocycles. The van der Waals surface area contributed by atoms with Crippen molar-refractivity contribution in [1.82, 2.24) is 10.6 Å². The molecule has 9 nitrogen and oxygen atoms in total.